The number of hydrogen-bond donors (Lipinski definition) is 1. The van der Waals surface area contributed by atoms with Gasteiger partial charge in [-0.1, -0.05) is 65.7 Å². The van der Waals surface area contributed by atoms with E-state index in [1.165, 1.54) is 24.3 Å². The second-order valence-corrected chi connectivity index (χ2v) is 14.3. The molecule has 1 heterocycles. The first-order valence-corrected chi connectivity index (χ1v) is 18.2. The number of nitrogens with two attached hydrogens (primary N) is 1. The van der Waals surface area contributed by atoms with Gasteiger partial charge in [0.05, 0.1) is 50.5 Å². The molecule has 4 aromatic rings. The highest BCUT2D eigenvalue weighted by Gasteiger charge is 2.30. The molecule has 2 N–H and O–H groups in total. The molecule has 1 unspecified atom stereocenters. The fourth-order valence-electron chi connectivity index (χ4n) is 6.75. The highest BCUT2D eigenvalue weighted by molar-refractivity contribution is 7.84. The fourth-order valence-corrected chi connectivity index (χ4v) is 7.97. The Morgan fingerprint density at radius 2 is 1.84 bits per heavy atom. The third kappa shape index (κ3) is 8.25. The second kappa shape index (κ2) is 16.1. The van der Waals surface area contributed by atoms with E-state index in [1.807, 2.05) is 24.3 Å². The van der Waals surface area contributed by atoms with Gasteiger partial charge in [-0.25, -0.2) is 4.39 Å². The van der Waals surface area contributed by atoms with Gasteiger partial charge in [-0.3, -0.25) is 13.8 Å². The molecule has 1 aliphatic heterocycles. The van der Waals surface area contributed by atoms with Crippen molar-refractivity contribution in [2.75, 3.05) is 46.1 Å². The van der Waals surface area contributed by atoms with Crippen LogP contribution >= 0.6 is 23.2 Å². The fraction of sp³-hybridized carbons (Fsp3) is 0.324. The minimum Gasteiger partial charge on any atom is -0.495 e. The molecule has 0 spiro atoms. The van der Waals surface area contributed by atoms with E-state index < -0.39 is 28.4 Å². The normalized spacial score (nSPS) is 15.0. The number of rotatable bonds is 12. The zero-order chi connectivity index (χ0) is 35.2. The number of amides is 2. The Bertz CT molecular complexity index is 1940. The van der Waals surface area contributed by atoms with Crippen LogP contribution in [0.25, 0.3) is 10.8 Å². The van der Waals surface area contributed by atoms with Gasteiger partial charge in [0, 0.05) is 18.7 Å². The molecule has 4 aromatic carbocycles. The number of ether oxygens (including phenoxy) is 1. The van der Waals surface area contributed by atoms with Crippen molar-refractivity contribution in [1.82, 2.24) is 9.80 Å². The van der Waals surface area contributed by atoms with E-state index in [1.54, 1.807) is 36.4 Å². The number of nitriles is 1. The van der Waals surface area contributed by atoms with E-state index in [9.17, 15) is 23.5 Å². The molecule has 5 rings (SSSR count). The highest BCUT2D eigenvalue weighted by Crippen LogP contribution is 2.36. The monoisotopic (exact) mass is 722 g/mol. The summed E-state index contributed by atoms with van der Waals surface area (Å²) in [6, 6.07) is 21.2. The number of piperidine rings is 1. The summed E-state index contributed by atoms with van der Waals surface area (Å²) in [5.41, 5.74) is 7.71. The Balaban J connectivity index is 1.42. The minimum atomic E-state index is -1.44. The lowest BCUT2D eigenvalue weighted by Crippen LogP contribution is -2.42. The molecule has 1 aliphatic rings. The zero-order valence-corrected chi connectivity index (χ0v) is 29.6. The van der Waals surface area contributed by atoms with Gasteiger partial charge < -0.3 is 20.3 Å². The van der Waals surface area contributed by atoms with Crippen LogP contribution < -0.4 is 10.5 Å². The van der Waals surface area contributed by atoms with E-state index in [2.05, 4.69) is 11.0 Å². The maximum absolute atomic E-state index is 14.6. The molecule has 0 aromatic heterocycles. The molecule has 1 saturated heterocycles. The topological polar surface area (TPSA) is 117 Å². The van der Waals surface area contributed by atoms with Crippen molar-refractivity contribution in [3.63, 3.8) is 0 Å². The highest BCUT2D eigenvalue weighted by atomic mass is 35.5. The Labute approximate surface area is 298 Å². The van der Waals surface area contributed by atoms with Crippen molar-refractivity contribution in [2.24, 2.45) is 5.73 Å². The summed E-state index contributed by atoms with van der Waals surface area (Å²) in [4.78, 5) is 30.8. The SMILES string of the molecule is COc1c(C#N)cc2ccccc2c1C(=O)N(CC(N)=O)C[C@@H](CCN1CCC(c2cccc(F)c2S(C)=O)CC1)c1ccc(Cl)c(Cl)c1. The number of methoxy groups -OCH3 is 1. The molecule has 0 saturated carbocycles. The zero-order valence-electron chi connectivity index (χ0n) is 27.3. The van der Waals surface area contributed by atoms with Crippen LogP contribution in [0.5, 0.6) is 5.75 Å². The molecule has 2 amide bonds. The van der Waals surface area contributed by atoms with Crippen molar-refractivity contribution in [3.05, 3.63) is 105 Å². The Morgan fingerprint density at radius 1 is 1.10 bits per heavy atom. The lowest BCUT2D eigenvalue weighted by molar-refractivity contribution is -0.118. The molecule has 256 valence electrons. The van der Waals surface area contributed by atoms with Gasteiger partial charge in [-0.2, -0.15) is 5.26 Å². The number of halogens is 3. The second-order valence-electron chi connectivity index (χ2n) is 12.2. The molecule has 12 heteroatoms. The predicted molar refractivity (Wildman–Crippen MR) is 191 cm³/mol. The minimum absolute atomic E-state index is 0.0920. The lowest BCUT2D eigenvalue weighted by atomic mass is 9.88. The largest absolute Gasteiger partial charge is 0.495 e. The van der Waals surface area contributed by atoms with Crippen LogP contribution in [0.15, 0.2) is 71.6 Å². The summed E-state index contributed by atoms with van der Waals surface area (Å²) < 4.78 is 32.5. The average molecular weight is 724 g/mol. The first-order chi connectivity index (χ1) is 23.5. The van der Waals surface area contributed by atoms with E-state index >= 15 is 0 Å². The van der Waals surface area contributed by atoms with Gasteiger partial charge in [0.15, 0.2) is 0 Å². The van der Waals surface area contributed by atoms with Crippen molar-refractivity contribution in [2.45, 2.75) is 36.0 Å². The van der Waals surface area contributed by atoms with Gasteiger partial charge in [-0.05, 0) is 91.0 Å². The Morgan fingerprint density at radius 3 is 2.49 bits per heavy atom. The molecule has 49 heavy (non-hydrogen) atoms. The molecule has 0 radical (unpaired) electrons. The van der Waals surface area contributed by atoms with Crippen molar-refractivity contribution >= 4 is 56.6 Å². The maximum atomic E-state index is 14.6. The number of hydrogen-bond acceptors (Lipinski definition) is 6. The molecule has 0 aliphatic carbocycles. The molecule has 0 bridgehead atoms. The number of benzene rings is 4. The van der Waals surface area contributed by atoms with Crippen LogP contribution in [-0.4, -0.2) is 71.9 Å². The van der Waals surface area contributed by atoms with Crippen LogP contribution in [0.3, 0.4) is 0 Å². The molecule has 8 nitrogen and oxygen atoms in total. The summed E-state index contributed by atoms with van der Waals surface area (Å²) in [7, 11) is -0.0337. The molecular weight excluding hydrogens is 686 g/mol. The number of primary amides is 1. The van der Waals surface area contributed by atoms with Gasteiger partial charge in [0.25, 0.3) is 5.91 Å². The predicted octanol–water partition coefficient (Wildman–Crippen LogP) is 6.88. The lowest BCUT2D eigenvalue weighted by Gasteiger charge is -2.34. The molecule has 2 atom stereocenters. The van der Waals surface area contributed by atoms with Crippen LogP contribution in [0.1, 0.15) is 58.1 Å². The summed E-state index contributed by atoms with van der Waals surface area (Å²) in [5, 5.41) is 11.9. The van der Waals surface area contributed by atoms with Crippen molar-refractivity contribution < 1.29 is 22.9 Å². The van der Waals surface area contributed by atoms with Crippen LogP contribution in [0.2, 0.25) is 10.0 Å². The average Bonchev–Trinajstić information content (AvgIpc) is 3.09. The van der Waals surface area contributed by atoms with Crippen LogP contribution in [0.4, 0.5) is 4.39 Å². The summed E-state index contributed by atoms with van der Waals surface area (Å²) in [5.74, 6) is -1.67. The van der Waals surface area contributed by atoms with Gasteiger partial charge >= 0.3 is 0 Å². The van der Waals surface area contributed by atoms with Gasteiger partial charge in [0.1, 0.15) is 17.6 Å². The molecular formula is C37H37Cl2FN4O4S. The summed E-state index contributed by atoms with van der Waals surface area (Å²) in [6.07, 6.45) is 3.66. The number of likely N-dealkylation sites (tertiary alicyclic amines) is 1. The standard InChI is InChI=1S/C37H37Cl2FN4O4S/c1-48-35-27(20-41)18-25-6-3-4-7-28(25)34(35)37(46)44(22-33(42)45)21-26(24-10-11-30(38)31(39)19-24)14-17-43-15-12-23(13-16-43)29-8-5-9-32(40)36(29)49(2)47/h3-11,18-19,23,26H,12-17,21-22H2,1-2H3,(H2,42,45)/t26-,49?/m1/s1. The first-order valence-electron chi connectivity index (χ1n) is 15.9. The van der Waals surface area contributed by atoms with E-state index in [-0.39, 0.29) is 46.7 Å². The maximum Gasteiger partial charge on any atom is 0.258 e. The van der Waals surface area contributed by atoms with Crippen molar-refractivity contribution in [1.29, 1.82) is 5.26 Å². The summed E-state index contributed by atoms with van der Waals surface area (Å²) in [6.45, 7) is 1.94. The van der Waals surface area contributed by atoms with Crippen LogP contribution in [0, 0.1) is 17.1 Å². The third-order valence-corrected chi connectivity index (χ3v) is 10.9. The third-order valence-electron chi connectivity index (χ3n) is 9.14. The van der Waals surface area contributed by atoms with Crippen molar-refractivity contribution in [3.8, 4) is 11.8 Å². The summed E-state index contributed by atoms with van der Waals surface area (Å²) >= 11 is 12.7. The molecule has 1 fully saturated rings. The smallest absolute Gasteiger partial charge is 0.258 e. The van der Waals surface area contributed by atoms with E-state index in [0.29, 0.717) is 33.8 Å². The first kappa shape index (κ1) is 36.3. The van der Waals surface area contributed by atoms with Crippen LogP contribution in [-0.2, 0) is 15.6 Å². The number of carbonyl (C=O) groups excluding carboxylic acids is 2. The number of carbonyl (C=O) groups is 2. The van der Waals surface area contributed by atoms with Gasteiger partial charge in [-0.15, -0.1) is 0 Å². The van der Waals surface area contributed by atoms with Gasteiger partial charge in [0.2, 0.25) is 5.91 Å². The van der Waals surface area contributed by atoms with E-state index in [4.69, 9.17) is 33.7 Å². The number of nitrogens with zero attached hydrogens (tertiary/aromatic N) is 3. The van der Waals surface area contributed by atoms with E-state index in [0.717, 1.165) is 37.1 Å². The quantitative estimate of drug-likeness (QED) is 0.170. The Hall–Kier alpha value is -4.01. The number of fused-ring (bicyclic) bond motifs is 1. The Kier molecular flexibility index (Phi) is 11.9.